The van der Waals surface area contributed by atoms with E-state index in [-0.39, 0.29) is 11.7 Å². The van der Waals surface area contributed by atoms with Crippen molar-refractivity contribution in [2.75, 3.05) is 48.4 Å². The summed E-state index contributed by atoms with van der Waals surface area (Å²) in [4.78, 5) is 14.6. The second-order valence-corrected chi connectivity index (χ2v) is 10.7. The number of nitrogens with one attached hydrogen (secondary N) is 1. The standard InChI is InChI=1S/C22H26N6O3S2/c1-26-21(17-6-4-3-5-7-17)24-25-22(26)32-16-20(29)23-18-8-10-19(11-9-18)27-12-14-28(15-13-27)33(2,30)31/h3-11H,12-16H2,1-2H3,(H,23,29). The fourth-order valence-corrected chi connectivity index (χ4v) is 5.18. The Kier molecular flexibility index (Phi) is 7.01. The number of anilines is 2. The topological polar surface area (TPSA) is 100 Å². The van der Waals surface area contributed by atoms with Crippen molar-refractivity contribution in [3.8, 4) is 11.4 Å². The lowest BCUT2D eigenvalue weighted by Crippen LogP contribution is -2.48. The van der Waals surface area contributed by atoms with Crippen LogP contribution in [0.25, 0.3) is 11.4 Å². The first-order chi connectivity index (χ1) is 15.8. The highest BCUT2D eigenvalue weighted by molar-refractivity contribution is 7.99. The summed E-state index contributed by atoms with van der Waals surface area (Å²) in [5.41, 5.74) is 2.69. The smallest absolute Gasteiger partial charge is 0.234 e. The molecule has 0 saturated carbocycles. The number of sulfonamides is 1. The van der Waals surface area contributed by atoms with E-state index >= 15 is 0 Å². The Morgan fingerprint density at radius 2 is 1.67 bits per heavy atom. The predicted octanol–water partition coefficient (Wildman–Crippen LogP) is 2.29. The van der Waals surface area contributed by atoms with E-state index in [2.05, 4.69) is 20.4 Å². The highest BCUT2D eigenvalue weighted by atomic mass is 32.2. The van der Waals surface area contributed by atoms with E-state index in [9.17, 15) is 13.2 Å². The van der Waals surface area contributed by atoms with Gasteiger partial charge in [-0.2, -0.15) is 4.31 Å². The van der Waals surface area contributed by atoms with Crippen molar-refractivity contribution in [3.63, 3.8) is 0 Å². The van der Waals surface area contributed by atoms with Gasteiger partial charge in [0.15, 0.2) is 11.0 Å². The van der Waals surface area contributed by atoms with Gasteiger partial charge in [0.2, 0.25) is 15.9 Å². The van der Waals surface area contributed by atoms with Crippen LogP contribution in [0.4, 0.5) is 11.4 Å². The summed E-state index contributed by atoms with van der Waals surface area (Å²) in [5, 5.41) is 12.0. The van der Waals surface area contributed by atoms with E-state index in [1.165, 1.54) is 22.3 Å². The first-order valence-corrected chi connectivity index (χ1v) is 13.3. The molecule has 1 aliphatic heterocycles. The third-order valence-corrected chi connectivity index (χ3v) is 7.75. The molecule has 0 aliphatic carbocycles. The van der Waals surface area contributed by atoms with Crippen LogP contribution in [0.3, 0.4) is 0 Å². The van der Waals surface area contributed by atoms with Crippen molar-refractivity contribution in [2.24, 2.45) is 7.05 Å². The lowest BCUT2D eigenvalue weighted by molar-refractivity contribution is -0.113. The number of hydrogen-bond acceptors (Lipinski definition) is 7. The Hall–Kier alpha value is -2.89. The maximum atomic E-state index is 12.4. The summed E-state index contributed by atoms with van der Waals surface area (Å²) in [6.07, 6.45) is 1.24. The monoisotopic (exact) mass is 486 g/mol. The van der Waals surface area contributed by atoms with Crippen LogP contribution in [-0.2, 0) is 21.9 Å². The summed E-state index contributed by atoms with van der Waals surface area (Å²) < 4.78 is 26.7. The number of benzene rings is 2. The molecule has 1 fully saturated rings. The summed E-state index contributed by atoms with van der Waals surface area (Å²) in [6, 6.07) is 17.4. The maximum Gasteiger partial charge on any atom is 0.234 e. The van der Waals surface area contributed by atoms with Gasteiger partial charge >= 0.3 is 0 Å². The molecular formula is C22H26N6O3S2. The lowest BCUT2D eigenvalue weighted by atomic mass is 10.2. The second kappa shape index (κ2) is 9.94. The fourth-order valence-electron chi connectivity index (χ4n) is 3.64. The Labute approximate surface area is 197 Å². The Morgan fingerprint density at radius 1 is 1.00 bits per heavy atom. The highest BCUT2D eigenvalue weighted by Crippen LogP contribution is 2.23. The molecule has 0 atom stereocenters. The molecule has 3 aromatic rings. The van der Waals surface area contributed by atoms with Gasteiger partial charge < -0.3 is 14.8 Å². The van der Waals surface area contributed by atoms with E-state index in [0.29, 0.717) is 37.0 Å². The number of thioether (sulfide) groups is 1. The van der Waals surface area contributed by atoms with E-state index in [4.69, 9.17) is 0 Å². The average molecular weight is 487 g/mol. The fraction of sp³-hybridized carbons (Fsp3) is 0.318. The van der Waals surface area contributed by atoms with Gasteiger partial charge in [-0.25, -0.2) is 8.42 Å². The molecular weight excluding hydrogens is 460 g/mol. The predicted molar refractivity (Wildman–Crippen MR) is 131 cm³/mol. The van der Waals surface area contributed by atoms with Gasteiger partial charge in [-0.3, -0.25) is 4.79 Å². The van der Waals surface area contributed by atoms with E-state index in [0.717, 1.165) is 17.1 Å². The van der Waals surface area contributed by atoms with Crippen molar-refractivity contribution >= 4 is 39.1 Å². The van der Waals surface area contributed by atoms with Crippen LogP contribution in [0.2, 0.25) is 0 Å². The number of amides is 1. The number of aromatic nitrogens is 3. The SMILES string of the molecule is Cn1c(SCC(=O)Nc2ccc(N3CCN(S(C)(=O)=O)CC3)cc2)nnc1-c1ccccc1. The zero-order chi connectivity index (χ0) is 23.4. The van der Waals surface area contributed by atoms with Crippen LogP contribution < -0.4 is 10.2 Å². The minimum atomic E-state index is -3.15. The van der Waals surface area contributed by atoms with Gasteiger partial charge in [0.1, 0.15) is 0 Å². The molecule has 1 N–H and O–H groups in total. The van der Waals surface area contributed by atoms with Crippen LogP contribution in [0.1, 0.15) is 0 Å². The summed E-state index contributed by atoms with van der Waals surface area (Å²) in [5.74, 6) is 0.848. The lowest BCUT2D eigenvalue weighted by Gasteiger charge is -2.34. The molecule has 0 unspecified atom stereocenters. The molecule has 2 aromatic carbocycles. The van der Waals surface area contributed by atoms with Crippen LogP contribution in [0.15, 0.2) is 59.8 Å². The summed E-state index contributed by atoms with van der Waals surface area (Å²) in [7, 11) is -1.26. The van der Waals surface area contributed by atoms with Crippen molar-refractivity contribution in [3.05, 3.63) is 54.6 Å². The second-order valence-electron chi connectivity index (χ2n) is 7.76. The zero-order valence-corrected chi connectivity index (χ0v) is 20.1. The van der Waals surface area contributed by atoms with Gasteiger partial charge in [0.25, 0.3) is 0 Å². The molecule has 0 bridgehead atoms. The minimum absolute atomic E-state index is 0.126. The molecule has 1 aliphatic rings. The largest absolute Gasteiger partial charge is 0.369 e. The van der Waals surface area contributed by atoms with Gasteiger partial charge in [-0.15, -0.1) is 10.2 Å². The molecule has 0 spiro atoms. The molecule has 174 valence electrons. The van der Waals surface area contributed by atoms with E-state index in [1.807, 2.05) is 66.2 Å². The summed E-state index contributed by atoms with van der Waals surface area (Å²) >= 11 is 1.33. The number of carbonyl (C=O) groups is 1. The highest BCUT2D eigenvalue weighted by Gasteiger charge is 2.23. The maximum absolute atomic E-state index is 12.4. The number of piperazine rings is 1. The van der Waals surface area contributed by atoms with E-state index in [1.54, 1.807) is 0 Å². The first kappa shape index (κ1) is 23.3. The van der Waals surface area contributed by atoms with Gasteiger partial charge in [0, 0.05) is 50.2 Å². The number of nitrogens with zero attached hydrogens (tertiary/aromatic N) is 5. The molecule has 33 heavy (non-hydrogen) atoms. The zero-order valence-electron chi connectivity index (χ0n) is 18.5. The molecule has 2 heterocycles. The third kappa shape index (κ3) is 5.73. The van der Waals surface area contributed by atoms with Crippen molar-refractivity contribution < 1.29 is 13.2 Å². The molecule has 1 aromatic heterocycles. The molecule has 9 nitrogen and oxygen atoms in total. The van der Waals surface area contributed by atoms with Crippen LogP contribution in [-0.4, -0.2) is 71.6 Å². The van der Waals surface area contributed by atoms with Crippen LogP contribution in [0.5, 0.6) is 0 Å². The average Bonchev–Trinajstić information content (AvgIpc) is 3.18. The number of rotatable bonds is 7. The van der Waals surface area contributed by atoms with Crippen molar-refractivity contribution in [1.82, 2.24) is 19.1 Å². The van der Waals surface area contributed by atoms with Crippen LogP contribution >= 0.6 is 11.8 Å². The molecule has 11 heteroatoms. The molecule has 1 saturated heterocycles. The number of hydrogen-bond donors (Lipinski definition) is 1. The number of carbonyl (C=O) groups excluding carboxylic acids is 1. The Bertz CT molecular complexity index is 1200. The van der Waals surface area contributed by atoms with Crippen molar-refractivity contribution in [1.29, 1.82) is 0 Å². The normalized spacial score (nSPS) is 14.9. The molecule has 4 rings (SSSR count). The molecule has 0 radical (unpaired) electrons. The third-order valence-electron chi connectivity index (χ3n) is 5.42. The first-order valence-electron chi connectivity index (χ1n) is 10.5. The van der Waals surface area contributed by atoms with Gasteiger partial charge in [-0.05, 0) is 24.3 Å². The Balaban J connectivity index is 1.29. The minimum Gasteiger partial charge on any atom is -0.369 e. The van der Waals surface area contributed by atoms with Gasteiger partial charge in [-0.1, -0.05) is 42.1 Å². The van der Waals surface area contributed by atoms with E-state index < -0.39 is 10.0 Å². The quantitative estimate of drug-likeness (QED) is 0.512. The van der Waals surface area contributed by atoms with Crippen LogP contribution in [0, 0.1) is 0 Å². The Morgan fingerprint density at radius 3 is 2.30 bits per heavy atom. The van der Waals surface area contributed by atoms with Crippen molar-refractivity contribution in [2.45, 2.75) is 5.16 Å². The summed E-state index contributed by atoms with van der Waals surface area (Å²) in [6.45, 7) is 2.22. The van der Waals surface area contributed by atoms with Gasteiger partial charge in [0.05, 0.1) is 12.0 Å². The molecule has 1 amide bonds.